The third-order valence-electron chi connectivity index (χ3n) is 6.88. The number of rotatable bonds is 3. The molecular formula is C26H26N2O5. The molecule has 1 fully saturated rings. The van der Waals surface area contributed by atoms with E-state index in [1.54, 1.807) is 16.1 Å². The fourth-order valence-corrected chi connectivity index (χ4v) is 5.13. The molecule has 0 bridgehead atoms. The molecule has 0 saturated carbocycles. The van der Waals surface area contributed by atoms with Crippen LogP contribution in [0.15, 0.2) is 47.1 Å². The van der Waals surface area contributed by atoms with Crippen LogP contribution in [0.25, 0.3) is 11.0 Å². The van der Waals surface area contributed by atoms with E-state index in [2.05, 4.69) is 12.1 Å². The minimum absolute atomic E-state index is 0.0753. The predicted octanol–water partition coefficient (Wildman–Crippen LogP) is 3.12. The maximum atomic E-state index is 13.5. The average Bonchev–Trinajstić information content (AvgIpc) is 3.48. The first kappa shape index (κ1) is 20.3. The molecule has 3 aromatic rings. The quantitative estimate of drug-likeness (QED) is 0.618. The highest BCUT2D eigenvalue weighted by atomic mass is 16.5. The lowest BCUT2D eigenvalue weighted by molar-refractivity contribution is -0.142. The van der Waals surface area contributed by atoms with Crippen molar-refractivity contribution in [3.8, 4) is 5.75 Å². The Morgan fingerprint density at radius 3 is 2.67 bits per heavy atom. The summed E-state index contributed by atoms with van der Waals surface area (Å²) in [4.78, 5) is 30.1. The molecule has 7 heteroatoms. The molecule has 1 unspecified atom stereocenters. The fraction of sp³-hybridized carbons (Fsp3) is 0.385. The molecule has 2 aliphatic heterocycles. The molecular weight excluding hydrogens is 420 g/mol. The van der Waals surface area contributed by atoms with Crippen LogP contribution in [-0.2, 0) is 33.6 Å². The molecule has 170 valence electrons. The number of benzene rings is 2. The van der Waals surface area contributed by atoms with Gasteiger partial charge >= 0.3 is 0 Å². The number of amides is 2. The number of morpholine rings is 1. The number of para-hydroxylation sites is 2. The van der Waals surface area contributed by atoms with Gasteiger partial charge in [-0.1, -0.05) is 12.1 Å². The second-order valence-electron chi connectivity index (χ2n) is 8.92. The summed E-state index contributed by atoms with van der Waals surface area (Å²) in [6.45, 7) is 2.32. The molecule has 2 amide bonds. The van der Waals surface area contributed by atoms with Crippen molar-refractivity contribution in [2.75, 3.05) is 37.7 Å². The Labute approximate surface area is 191 Å². The first-order chi connectivity index (χ1) is 16.2. The van der Waals surface area contributed by atoms with Crippen LogP contribution in [-0.4, -0.2) is 55.7 Å². The Morgan fingerprint density at radius 2 is 1.82 bits per heavy atom. The van der Waals surface area contributed by atoms with Crippen LogP contribution >= 0.6 is 0 Å². The van der Waals surface area contributed by atoms with E-state index in [0.29, 0.717) is 37.7 Å². The summed E-state index contributed by atoms with van der Waals surface area (Å²) < 4.78 is 17.2. The standard InChI is InChI=1S/C26H26N2O5/c29-25(14-19-16-32-23-13-18-5-3-4-17(18)12-20(19)23)28-15-24(26(30)27-8-10-31-11-9-27)33-22-7-2-1-6-21(22)28/h1-2,6-7,12-13,16,24H,3-5,8-11,14-15H2. The highest BCUT2D eigenvalue weighted by Crippen LogP contribution is 2.35. The summed E-state index contributed by atoms with van der Waals surface area (Å²) in [5.41, 5.74) is 5.11. The summed E-state index contributed by atoms with van der Waals surface area (Å²) >= 11 is 0. The van der Waals surface area contributed by atoms with Crippen molar-refractivity contribution >= 4 is 28.5 Å². The van der Waals surface area contributed by atoms with Gasteiger partial charge in [-0.25, -0.2) is 0 Å². The second-order valence-corrected chi connectivity index (χ2v) is 8.92. The number of furan rings is 1. The Balaban J connectivity index is 1.27. The number of ether oxygens (including phenoxy) is 2. The second kappa shape index (κ2) is 8.23. The molecule has 1 atom stereocenters. The Morgan fingerprint density at radius 1 is 1.03 bits per heavy atom. The van der Waals surface area contributed by atoms with Crippen molar-refractivity contribution in [1.29, 1.82) is 0 Å². The van der Waals surface area contributed by atoms with E-state index in [1.807, 2.05) is 24.3 Å². The van der Waals surface area contributed by atoms with Gasteiger partial charge in [-0.2, -0.15) is 0 Å². The van der Waals surface area contributed by atoms with E-state index in [-0.39, 0.29) is 24.8 Å². The Kier molecular flexibility index (Phi) is 5.06. The number of hydrogen-bond acceptors (Lipinski definition) is 5. The van der Waals surface area contributed by atoms with Crippen molar-refractivity contribution < 1.29 is 23.5 Å². The third-order valence-corrected chi connectivity index (χ3v) is 6.88. The Hall–Kier alpha value is -3.32. The average molecular weight is 447 g/mol. The van der Waals surface area contributed by atoms with Gasteiger partial charge in [0.2, 0.25) is 5.91 Å². The van der Waals surface area contributed by atoms with Gasteiger partial charge in [0.1, 0.15) is 11.3 Å². The van der Waals surface area contributed by atoms with Crippen LogP contribution in [0.4, 0.5) is 5.69 Å². The number of carbonyl (C=O) groups excluding carboxylic acids is 2. The molecule has 1 aliphatic carbocycles. The lowest BCUT2D eigenvalue weighted by atomic mass is 10.0. The summed E-state index contributed by atoms with van der Waals surface area (Å²) in [5.74, 6) is 0.377. The largest absolute Gasteiger partial charge is 0.476 e. The molecule has 0 N–H and O–H groups in total. The monoisotopic (exact) mass is 446 g/mol. The molecule has 0 spiro atoms. The van der Waals surface area contributed by atoms with Crippen LogP contribution in [0.5, 0.6) is 5.75 Å². The first-order valence-corrected chi connectivity index (χ1v) is 11.6. The number of anilines is 1. The lowest BCUT2D eigenvalue weighted by Crippen LogP contribution is -2.54. The van der Waals surface area contributed by atoms with Crippen molar-refractivity contribution in [2.24, 2.45) is 0 Å². The van der Waals surface area contributed by atoms with Gasteiger partial charge in [0.25, 0.3) is 5.91 Å². The van der Waals surface area contributed by atoms with Gasteiger partial charge in [0, 0.05) is 24.0 Å². The van der Waals surface area contributed by atoms with Crippen LogP contribution < -0.4 is 9.64 Å². The molecule has 1 saturated heterocycles. The van der Waals surface area contributed by atoms with Gasteiger partial charge in [0.05, 0.1) is 38.1 Å². The molecule has 1 aromatic heterocycles. The highest BCUT2D eigenvalue weighted by Gasteiger charge is 2.36. The van der Waals surface area contributed by atoms with Gasteiger partial charge in [-0.15, -0.1) is 0 Å². The van der Waals surface area contributed by atoms with Crippen molar-refractivity contribution in [3.05, 3.63) is 59.4 Å². The normalized spacial score (nSPS) is 19.8. The maximum absolute atomic E-state index is 13.5. The van der Waals surface area contributed by atoms with E-state index in [1.165, 1.54) is 17.5 Å². The molecule has 33 heavy (non-hydrogen) atoms. The zero-order valence-electron chi connectivity index (χ0n) is 18.4. The summed E-state index contributed by atoms with van der Waals surface area (Å²) in [5, 5.41) is 1.01. The summed E-state index contributed by atoms with van der Waals surface area (Å²) in [6, 6.07) is 11.7. The first-order valence-electron chi connectivity index (χ1n) is 11.6. The molecule has 3 heterocycles. The Bertz CT molecular complexity index is 1230. The van der Waals surface area contributed by atoms with Gasteiger partial charge in [-0.3, -0.25) is 9.59 Å². The smallest absolute Gasteiger partial charge is 0.265 e. The van der Waals surface area contributed by atoms with Gasteiger partial charge < -0.3 is 23.7 Å². The van der Waals surface area contributed by atoms with Crippen molar-refractivity contribution in [3.63, 3.8) is 0 Å². The summed E-state index contributed by atoms with van der Waals surface area (Å²) in [6.07, 6.45) is 4.50. The van der Waals surface area contributed by atoms with E-state index in [0.717, 1.165) is 29.4 Å². The minimum atomic E-state index is -0.730. The molecule has 0 radical (unpaired) electrons. The minimum Gasteiger partial charge on any atom is -0.476 e. The SMILES string of the molecule is O=C(C1CN(C(=O)Cc2coc3cc4c(cc23)CCC4)c2ccccc2O1)N1CCOCC1. The van der Waals surface area contributed by atoms with E-state index in [9.17, 15) is 9.59 Å². The number of nitrogens with zero attached hydrogens (tertiary/aromatic N) is 2. The number of fused-ring (bicyclic) bond motifs is 3. The van der Waals surface area contributed by atoms with Gasteiger partial charge in [-0.05, 0) is 54.7 Å². The van der Waals surface area contributed by atoms with Gasteiger partial charge in [0.15, 0.2) is 6.10 Å². The lowest BCUT2D eigenvalue weighted by Gasteiger charge is -2.37. The molecule has 2 aromatic carbocycles. The molecule has 7 nitrogen and oxygen atoms in total. The zero-order valence-corrected chi connectivity index (χ0v) is 18.4. The van der Waals surface area contributed by atoms with Crippen molar-refractivity contribution in [1.82, 2.24) is 4.90 Å². The zero-order chi connectivity index (χ0) is 22.4. The number of aryl methyl sites for hydroxylation is 2. The number of carbonyl (C=O) groups is 2. The highest BCUT2D eigenvalue weighted by molar-refractivity contribution is 6.00. The topological polar surface area (TPSA) is 72.2 Å². The number of hydrogen-bond donors (Lipinski definition) is 0. The van der Waals surface area contributed by atoms with Crippen LogP contribution in [0.2, 0.25) is 0 Å². The van der Waals surface area contributed by atoms with Crippen LogP contribution in [0.3, 0.4) is 0 Å². The third kappa shape index (κ3) is 3.66. The van der Waals surface area contributed by atoms with E-state index in [4.69, 9.17) is 13.9 Å². The van der Waals surface area contributed by atoms with Crippen LogP contribution in [0.1, 0.15) is 23.1 Å². The predicted molar refractivity (Wildman–Crippen MR) is 123 cm³/mol. The molecule has 3 aliphatic rings. The molecule has 6 rings (SSSR count). The fourth-order valence-electron chi connectivity index (χ4n) is 5.13. The van der Waals surface area contributed by atoms with E-state index < -0.39 is 6.10 Å². The van der Waals surface area contributed by atoms with Crippen LogP contribution in [0, 0.1) is 0 Å². The van der Waals surface area contributed by atoms with Crippen molar-refractivity contribution in [2.45, 2.75) is 31.8 Å². The summed E-state index contributed by atoms with van der Waals surface area (Å²) in [7, 11) is 0. The van der Waals surface area contributed by atoms with E-state index >= 15 is 0 Å². The maximum Gasteiger partial charge on any atom is 0.265 e.